The van der Waals surface area contributed by atoms with Gasteiger partial charge in [-0.1, -0.05) is 45.0 Å². The van der Waals surface area contributed by atoms with Gasteiger partial charge in [0.15, 0.2) is 0 Å². The van der Waals surface area contributed by atoms with E-state index in [1.165, 1.54) is 7.11 Å². The summed E-state index contributed by atoms with van der Waals surface area (Å²) in [6, 6.07) is 7.11. The summed E-state index contributed by atoms with van der Waals surface area (Å²) in [5.41, 5.74) is 3.31. The van der Waals surface area contributed by atoms with Crippen molar-refractivity contribution in [2.24, 2.45) is 0 Å². The fourth-order valence-corrected chi connectivity index (χ4v) is 5.46. The lowest BCUT2D eigenvalue weighted by Crippen LogP contribution is -2.39. The molecular weight excluding hydrogens is 498 g/mol. The number of aromatic amines is 1. The molecule has 39 heavy (non-hydrogen) atoms. The lowest BCUT2D eigenvalue weighted by atomic mass is 9.85. The van der Waals surface area contributed by atoms with Gasteiger partial charge in [0, 0.05) is 37.4 Å². The summed E-state index contributed by atoms with van der Waals surface area (Å²) in [5, 5.41) is 11.6. The van der Waals surface area contributed by atoms with Crippen LogP contribution in [0.4, 0.5) is 0 Å². The third-order valence-corrected chi connectivity index (χ3v) is 7.67. The number of carbonyl (C=O) groups is 3. The van der Waals surface area contributed by atoms with E-state index in [4.69, 9.17) is 9.47 Å². The Kier molecular flexibility index (Phi) is 8.32. The molecule has 210 valence electrons. The topological polar surface area (TPSA) is 112 Å². The number of hydrogen-bond donors (Lipinski definition) is 2. The molecule has 2 aliphatic heterocycles. The standard InChI is InChI=1S/C30H39N3O6/c1-18-22(19(2)31-24(18)29(37)38-6)26(34)23-25(20-8-10-21(11-9-20)30(3,4)5)33(28(36)27(23)35)13-7-12-32-14-16-39-17-15-32/h8-11,25,31,34H,7,12-17H2,1-6H3/b26-23+/t25-/m0/s1. The van der Waals surface area contributed by atoms with Crippen molar-refractivity contribution in [1.82, 2.24) is 14.8 Å². The minimum Gasteiger partial charge on any atom is -0.507 e. The third-order valence-electron chi connectivity index (χ3n) is 7.67. The van der Waals surface area contributed by atoms with Crippen LogP contribution in [0, 0.1) is 13.8 Å². The number of rotatable bonds is 7. The van der Waals surface area contributed by atoms with Gasteiger partial charge in [-0.3, -0.25) is 14.5 Å². The molecule has 2 saturated heterocycles. The van der Waals surface area contributed by atoms with E-state index < -0.39 is 23.7 Å². The first kappa shape index (κ1) is 28.6. The number of nitrogens with one attached hydrogen (secondary N) is 1. The van der Waals surface area contributed by atoms with Crippen LogP contribution in [-0.4, -0.2) is 84.1 Å². The minimum atomic E-state index is -0.751. The molecule has 1 aromatic carbocycles. The molecule has 4 rings (SSSR count). The number of ketones is 1. The van der Waals surface area contributed by atoms with Crippen LogP contribution >= 0.6 is 0 Å². The van der Waals surface area contributed by atoms with E-state index in [0.717, 1.165) is 30.8 Å². The summed E-state index contributed by atoms with van der Waals surface area (Å²) >= 11 is 0. The van der Waals surface area contributed by atoms with Crippen LogP contribution in [0.15, 0.2) is 29.8 Å². The maximum Gasteiger partial charge on any atom is 0.354 e. The molecule has 1 aromatic heterocycles. The Morgan fingerprint density at radius 3 is 2.33 bits per heavy atom. The van der Waals surface area contributed by atoms with Crippen molar-refractivity contribution < 1.29 is 29.0 Å². The van der Waals surface area contributed by atoms with Crippen LogP contribution < -0.4 is 0 Å². The van der Waals surface area contributed by atoms with Gasteiger partial charge in [-0.25, -0.2) is 4.79 Å². The molecule has 2 aliphatic rings. The van der Waals surface area contributed by atoms with Gasteiger partial charge in [0.05, 0.1) is 31.9 Å². The fourth-order valence-electron chi connectivity index (χ4n) is 5.46. The van der Waals surface area contributed by atoms with E-state index in [9.17, 15) is 19.5 Å². The normalized spacial score (nSPS) is 20.1. The van der Waals surface area contributed by atoms with Gasteiger partial charge in [0.1, 0.15) is 11.5 Å². The monoisotopic (exact) mass is 537 g/mol. The maximum atomic E-state index is 13.5. The van der Waals surface area contributed by atoms with Gasteiger partial charge in [0.25, 0.3) is 11.7 Å². The molecular formula is C30H39N3O6. The largest absolute Gasteiger partial charge is 0.507 e. The van der Waals surface area contributed by atoms with Gasteiger partial charge in [-0.05, 0) is 42.4 Å². The van der Waals surface area contributed by atoms with Crippen molar-refractivity contribution in [3.63, 3.8) is 0 Å². The molecule has 0 radical (unpaired) electrons. The second-order valence-corrected chi connectivity index (χ2v) is 11.3. The molecule has 1 amide bonds. The molecule has 1 atom stereocenters. The molecule has 2 fully saturated rings. The summed E-state index contributed by atoms with van der Waals surface area (Å²) < 4.78 is 10.3. The number of nitrogens with zero attached hydrogens (tertiary/aromatic N) is 2. The number of hydrogen-bond acceptors (Lipinski definition) is 7. The Balaban J connectivity index is 1.76. The first-order chi connectivity index (χ1) is 18.5. The molecule has 9 nitrogen and oxygen atoms in total. The van der Waals surface area contributed by atoms with Crippen LogP contribution in [0.2, 0.25) is 0 Å². The van der Waals surface area contributed by atoms with E-state index in [1.807, 2.05) is 24.3 Å². The SMILES string of the molecule is COC(=O)c1[nH]c(C)c(/C(O)=C2\C(=O)C(=O)N(CCCN3CCOCC3)[C@H]2c2ccc(C(C)(C)C)cc2)c1C. The van der Waals surface area contributed by atoms with Gasteiger partial charge < -0.3 is 24.5 Å². The van der Waals surface area contributed by atoms with E-state index in [0.29, 0.717) is 43.0 Å². The highest BCUT2D eigenvalue weighted by Gasteiger charge is 2.46. The fraction of sp³-hybridized carbons (Fsp3) is 0.500. The second-order valence-electron chi connectivity index (χ2n) is 11.3. The van der Waals surface area contributed by atoms with E-state index in [-0.39, 0.29) is 22.4 Å². The Morgan fingerprint density at radius 1 is 1.10 bits per heavy atom. The van der Waals surface area contributed by atoms with E-state index in [1.54, 1.807) is 18.7 Å². The molecule has 9 heteroatoms. The van der Waals surface area contributed by atoms with Gasteiger partial charge in [-0.15, -0.1) is 0 Å². The highest BCUT2D eigenvalue weighted by Crippen LogP contribution is 2.41. The van der Waals surface area contributed by atoms with Crippen LogP contribution in [0.1, 0.15) is 71.7 Å². The van der Waals surface area contributed by atoms with Gasteiger partial charge >= 0.3 is 5.97 Å². The highest BCUT2D eigenvalue weighted by molar-refractivity contribution is 6.46. The highest BCUT2D eigenvalue weighted by atomic mass is 16.5. The van der Waals surface area contributed by atoms with Crippen LogP contribution in [0.25, 0.3) is 5.76 Å². The Morgan fingerprint density at radius 2 is 1.74 bits per heavy atom. The number of aliphatic hydroxyl groups excluding tert-OH is 1. The molecule has 2 aromatic rings. The number of likely N-dealkylation sites (tertiary alicyclic amines) is 1. The number of aromatic nitrogens is 1. The predicted molar refractivity (Wildman–Crippen MR) is 148 cm³/mol. The lowest BCUT2D eigenvalue weighted by Gasteiger charge is -2.29. The van der Waals surface area contributed by atoms with E-state index in [2.05, 4.69) is 30.7 Å². The number of esters is 1. The molecule has 3 heterocycles. The molecule has 0 aliphatic carbocycles. The molecule has 2 N–H and O–H groups in total. The predicted octanol–water partition coefficient (Wildman–Crippen LogP) is 3.86. The second kappa shape index (κ2) is 11.4. The Bertz CT molecular complexity index is 1280. The average molecular weight is 538 g/mol. The lowest BCUT2D eigenvalue weighted by molar-refractivity contribution is -0.140. The van der Waals surface area contributed by atoms with Gasteiger partial charge in [0.2, 0.25) is 0 Å². The van der Waals surface area contributed by atoms with Crippen molar-refractivity contribution in [3.05, 3.63) is 63.5 Å². The number of aryl methyl sites for hydroxylation is 1. The Labute approximate surface area is 229 Å². The van der Waals surface area contributed by atoms with Crippen molar-refractivity contribution in [3.8, 4) is 0 Å². The summed E-state index contributed by atoms with van der Waals surface area (Å²) in [6.45, 7) is 13.9. The summed E-state index contributed by atoms with van der Waals surface area (Å²) in [6.07, 6.45) is 0.679. The van der Waals surface area contributed by atoms with Crippen molar-refractivity contribution in [1.29, 1.82) is 0 Å². The zero-order valence-corrected chi connectivity index (χ0v) is 23.7. The smallest absolute Gasteiger partial charge is 0.354 e. The first-order valence-electron chi connectivity index (χ1n) is 13.4. The quantitative estimate of drug-likeness (QED) is 0.239. The first-order valence-corrected chi connectivity index (χ1v) is 13.4. The number of benzene rings is 1. The number of carbonyl (C=O) groups excluding carboxylic acids is 3. The number of amides is 1. The maximum absolute atomic E-state index is 13.5. The summed E-state index contributed by atoms with van der Waals surface area (Å²) in [5.74, 6) is -2.24. The van der Waals surface area contributed by atoms with Gasteiger partial charge in [-0.2, -0.15) is 0 Å². The van der Waals surface area contributed by atoms with Crippen molar-refractivity contribution in [2.75, 3.05) is 46.5 Å². The number of H-pyrrole nitrogens is 1. The zero-order valence-electron chi connectivity index (χ0n) is 23.7. The van der Waals surface area contributed by atoms with Crippen LogP contribution in [0.3, 0.4) is 0 Å². The summed E-state index contributed by atoms with van der Waals surface area (Å²) in [7, 11) is 1.28. The van der Waals surface area contributed by atoms with E-state index >= 15 is 0 Å². The Hall–Kier alpha value is -3.43. The minimum absolute atomic E-state index is 0.0245. The van der Waals surface area contributed by atoms with Crippen molar-refractivity contribution in [2.45, 2.75) is 52.5 Å². The average Bonchev–Trinajstić information content (AvgIpc) is 3.35. The number of ether oxygens (including phenoxy) is 2. The number of methoxy groups -OCH3 is 1. The molecule has 0 bridgehead atoms. The molecule has 0 unspecified atom stereocenters. The third kappa shape index (κ3) is 5.65. The molecule has 0 spiro atoms. The number of aliphatic hydroxyl groups is 1. The van der Waals surface area contributed by atoms with Crippen LogP contribution in [-0.2, 0) is 24.5 Å². The number of Topliss-reactive ketones (excluding diaryl/α,β-unsaturated/α-hetero) is 1. The van der Waals surface area contributed by atoms with Crippen LogP contribution in [0.5, 0.6) is 0 Å². The van der Waals surface area contributed by atoms with Crippen molar-refractivity contribution >= 4 is 23.4 Å². The number of morpholine rings is 1. The molecule has 0 saturated carbocycles. The summed E-state index contributed by atoms with van der Waals surface area (Å²) in [4.78, 5) is 46.0. The zero-order chi connectivity index (χ0) is 28.5.